The summed E-state index contributed by atoms with van der Waals surface area (Å²) in [6, 6.07) is 5.13. The van der Waals surface area contributed by atoms with Crippen LogP contribution in [0.1, 0.15) is 12.0 Å². The number of halogens is 1. The van der Waals surface area contributed by atoms with Gasteiger partial charge in [0.15, 0.2) is 0 Å². The second kappa shape index (κ2) is 4.20. The van der Waals surface area contributed by atoms with Gasteiger partial charge < -0.3 is 5.32 Å². The number of sulfone groups is 1. The lowest BCUT2D eigenvalue weighted by Gasteiger charge is -2.04. The van der Waals surface area contributed by atoms with Crippen molar-refractivity contribution in [2.24, 2.45) is 0 Å². The van der Waals surface area contributed by atoms with Crippen LogP contribution in [0, 0.1) is 0 Å². The molecule has 0 saturated heterocycles. The second-order valence-corrected chi connectivity index (χ2v) is 5.97. The van der Waals surface area contributed by atoms with Gasteiger partial charge in [0, 0.05) is 0 Å². The molecular formula is C11H12ClNO2S. The van der Waals surface area contributed by atoms with Gasteiger partial charge in [0.25, 0.3) is 0 Å². The highest BCUT2D eigenvalue weighted by Crippen LogP contribution is 2.38. The first-order valence-corrected chi connectivity index (χ1v) is 6.82. The molecule has 5 heteroatoms. The van der Waals surface area contributed by atoms with E-state index in [9.17, 15) is 8.42 Å². The Morgan fingerprint density at radius 3 is 2.75 bits per heavy atom. The predicted octanol–water partition coefficient (Wildman–Crippen LogP) is 2.08. The van der Waals surface area contributed by atoms with Crippen LogP contribution in [-0.4, -0.2) is 22.0 Å². The molecule has 1 aliphatic heterocycles. The molecule has 86 valence electrons. The van der Waals surface area contributed by atoms with Crippen LogP contribution in [0.3, 0.4) is 0 Å². The molecule has 1 N–H and O–H groups in total. The first kappa shape index (κ1) is 11.6. The van der Waals surface area contributed by atoms with Gasteiger partial charge in [0.1, 0.15) is 0 Å². The molecule has 0 spiro atoms. The fourth-order valence-corrected chi connectivity index (χ4v) is 3.92. The van der Waals surface area contributed by atoms with Crippen LogP contribution in [0.5, 0.6) is 0 Å². The van der Waals surface area contributed by atoms with E-state index >= 15 is 0 Å². The van der Waals surface area contributed by atoms with Gasteiger partial charge in [-0.05, 0) is 37.7 Å². The summed E-state index contributed by atoms with van der Waals surface area (Å²) in [5, 5.41) is 3.23. The molecule has 0 atom stereocenters. The zero-order chi connectivity index (χ0) is 11.8. The van der Waals surface area contributed by atoms with E-state index in [0.29, 0.717) is 28.5 Å². The van der Waals surface area contributed by atoms with Crippen LogP contribution in [0.4, 0.5) is 0 Å². The highest BCUT2D eigenvalue weighted by Gasteiger charge is 2.30. The number of rotatable bonds is 3. The normalized spacial score (nSPS) is 17.0. The fourth-order valence-electron chi connectivity index (χ4n) is 1.76. The number of fused-ring (bicyclic) bond motifs is 1. The van der Waals surface area contributed by atoms with Crippen molar-refractivity contribution in [3.05, 3.63) is 33.7 Å². The molecular weight excluding hydrogens is 246 g/mol. The lowest BCUT2D eigenvalue weighted by Crippen LogP contribution is -2.11. The minimum atomic E-state index is -3.36. The zero-order valence-corrected chi connectivity index (χ0v) is 10.4. The van der Waals surface area contributed by atoms with Crippen LogP contribution >= 0.6 is 11.6 Å². The molecule has 0 aromatic heterocycles. The zero-order valence-electron chi connectivity index (χ0n) is 8.83. The van der Waals surface area contributed by atoms with E-state index in [-0.39, 0.29) is 4.90 Å². The third-order valence-corrected chi connectivity index (χ3v) is 4.98. The van der Waals surface area contributed by atoms with E-state index in [2.05, 4.69) is 5.32 Å². The molecule has 0 radical (unpaired) electrons. The lowest BCUT2D eigenvalue weighted by molar-refractivity contribution is 0.601. The Kier molecular flexibility index (Phi) is 3.06. The molecule has 3 nitrogen and oxygen atoms in total. The second-order valence-electron chi connectivity index (χ2n) is 3.63. The standard InChI is InChI=1S/C11H12ClNO2S/c1-13-6-5-9-7-8-3-2-4-10(12)11(8)16(9,14)15/h2-4,7,13H,5-6H2,1H3. The quantitative estimate of drug-likeness (QED) is 0.902. The monoisotopic (exact) mass is 257 g/mol. The average Bonchev–Trinajstić information content (AvgIpc) is 2.48. The topological polar surface area (TPSA) is 46.2 Å². The van der Waals surface area contributed by atoms with E-state index < -0.39 is 9.84 Å². The van der Waals surface area contributed by atoms with Crippen LogP contribution in [0.2, 0.25) is 5.02 Å². The van der Waals surface area contributed by atoms with Crippen LogP contribution in [0.25, 0.3) is 6.08 Å². The van der Waals surface area contributed by atoms with Gasteiger partial charge in [-0.1, -0.05) is 23.7 Å². The summed E-state index contributed by atoms with van der Waals surface area (Å²) in [5.41, 5.74) is 0.693. The van der Waals surface area contributed by atoms with E-state index in [1.807, 2.05) is 0 Å². The van der Waals surface area contributed by atoms with E-state index in [1.54, 1.807) is 31.3 Å². The number of hydrogen-bond acceptors (Lipinski definition) is 3. The molecule has 1 heterocycles. The Labute approximate surface area is 100 Å². The summed E-state index contributed by atoms with van der Waals surface area (Å²) < 4.78 is 24.3. The Morgan fingerprint density at radius 2 is 2.12 bits per heavy atom. The molecule has 0 bridgehead atoms. The van der Waals surface area contributed by atoms with E-state index in [1.165, 1.54) is 0 Å². The number of benzene rings is 1. The van der Waals surface area contributed by atoms with E-state index in [0.717, 1.165) is 0 Å². The highest BCUT2D eigenvalue weighted by molar-refractivity contribution is 7.96. The van der Waals surface area contributed by atoms with E-state index in [4.69, 9.17) is 11.6 Å². The summed E-state index contributed by atoms with van der Waals surface area (Å²) in [6.45, 7) is 0.636. The van der Waals surface area contributed by atoms with Crippen molar-refractivity contribution in [1.82, 2.24) is 5.32 Å². The van der Waals surface area contributed by atoms with Crippen molar-refractivity contribution < 1.29 is 8.42 Å². The Morgan fingerprint density at radius 1 is 1.38 bits per heavy atom. The van der Waals surface area contributed by atoms with Crippen molar-refractivity contribution in [2.75, 3.05) is 13.6 Å². The molecule has 0 saturated carbocycles. The van der Waals surface area contributed by atoms with Crippen LogP contribution in [0.15, 0.2) is 28.0 Å². The van der Waals surface area contributed by atoms with Gasteiger partial charge in [-0.2, -0.15) is 0 Å². The van der Waals surface area contributed by atoms with Crippen molar-refractivity contribution in [3.8, 4) is 0 Å². The number of hydrogen-bond donors (Lipinski definition) is 1. The predicted molar refractivity (Wildman–Crippen MR) is 65.2 cm³/mol. The molecule has 0 fully saturated rings. The summed E-state index contributed by atoms with van der Waals surface area (Å²) in [4.78, 5) is 0.688. The molecule has 16 heavy (non-hydrogen) atoms. The minimum absolute atomic E-state index is 0.253. The van der Waals surface area contributed by atoms with Crippen LogP contribution in [-0.2, 0) is 9.84 Å². The maximum absolute atomic E-state index is 12.1. The van der Waals surface area contributed by atoms with Gasteiger partial charge in [-0.15, -0.1) is 0 Å². The van der Waals surface area contributed by atoms with Crippen molar-refractivity contribution >= 4 is 27.5 Å². The lowest BCUT2D eigenvalue weighted by atomic mass is 10.2. The average molecular weight is 258 g/mol. The summed E-state index contributed by atoms with van der Waals surface area (Å²) in [7, 11) is -1.57. The molecule has 1 aliphatic rings. The molecule has 0 aliphatic carbocycles. The highest BCUT2D eigenvalue weighted by atomic mass is 35.5. The molecule has 1 aromatic rings. The Balaban J connectivity index is 2.48. The molecule has 0 unspecified atom stereocenters. The van der Waals surface area contributed by atoms with Crippen molar-refractivity contribution in [2.45, 2.75) is 11.3 Å². The SMILES string of the molecule is CNCCC1=Cc2cccc(Cl)c2S1(=O)=O. The maximum Gasteiger partial charge on any atom is 0.204 e. The maximum atomic E-state index is 12.1. The first-order chi connectivity index (χ1) is 7.57. The van der Waals surface area contributed by atoms with Crippen molar-refractivity contribution in [3.63, 3.8) is 0 Å². The molecule has 2 rings (SSSR count). The number of nitrogens with one attached hydrogen (secondary N) is 1. The smallest absolute Gasteiger partial charge is 0.204 e. The van der Waals surface area contributed by atoms with Crippen molar-refractivity contribution in [1.29, 1.82) is 0 Å². The fraction of sp³-hybridized carbons (Fsp3) is 0.273. The Hall–Kier alpha value is -0.840. The van der Waals surface area contributed by atoms with Gasteiger partial charge in [-0.3, -0.25) is 0 Å². The van der Waals surface area contributed by atoms with Gasteiger partial charge in [0.05, 0.1) is 14.8 Å². The summed E-state index contributed by atoms with van der Waals surface area (Å²) in [6.07, 6.45) is 2.19. The van der Waals surface area contributed by atoms with Crippen LogP contribution < -0.4 is 5.32 Å². The van der Waals surface area contributed by atoms with Gasteiger partial charge >= 0.3 is 0 Å². The summed E-state index contributed by atoms with van der Waals surface area (Å²) in [5.74, 6) is 0. The molecule has 1 aromatic carbocycles. The first-order valence-electron chi connectivity index (χ1n) is 4.96. The third-order valence-electron chi connectivity index (χ3n) is 2.55. The summed E-state index contributed by atoms with van der Waals surface area (Å²) >= 11 is 5.93. The largest absolute Gasteiger partial charge is 0.319 e. The van der Waals surface area contributed by atoms with Gasteiger partial charge in [-0.25, -0.2) is 8.42 Å². The Bertz CT molecular complexity index is 549. The third kappa shape index (κ3) is 1.77. The molecule has 0 amide bonds. The minimum Gasteiger partial charge on any atom is -0.319 e. The van der Waals surface area contributed by atoms with Gasteiger partial charge in [0.2, 0.25) is 9.84 Å².